The molecular formula is C17H27N2O2+. The molecule has 2 N–H and O–H groups in total. The maximum Gasteiger partial charge on any atom is 0.275 e. The summed E-state index contributed by atoms with van der Waals surface area (Å²) >= 11 is 0. The first-order chi connectivity index (χ1) is 10.2. The number of hydrogen-bond acceptors (Lipinski definition) is 2. The summed E-state index contributed by atoms with van der Waals surface area (Å²) in [5.41, 5.74) is 1.22. The van der Waals surface area contributed by atoms with Gasteiger partial charge in [0.2, 0.25) is 0 Å². The molecule has 21 heavy (non-hydrogen) atoms. The summed E-state index contributed by atoms with van der Waals surface area (Å²) < 4.78 is 5.13. The molecular weight excluding hydrogens is 264 g/mol. The fourth-order valence-electron chi connectivity index (χ4n) is 2.78. The molecule has 1 saturated heterocycles. The van der Waals surface area contributed by atoms with Crippen LogP contribution in [0.2, 0.25) is 0 Å². The average molecular weight is 291 g/mol. The Labute approximate surface area is 127 Å². The van der Waals surface area contributed by atoms with Crippen molar-refractivity contribution in [3.8, 4) is 5.75 Å². The monoisotopic (exact) mass is 291 g/mol. The van der Waals surface area contributed by atoms with Crippen molar-refractivity contribution in [1.82, 2.24) is 5.32 Å². The minimum atomic E-state index is 0.174. The van der Waals surface area contributed by atoms with Gasteiger partial charge in [-0.25, -0.2) is 0 Å². The van der Waals surface area contributed by atoms with Crippen LogP contribution in [0.3, 0.4) is 0 Å². The van der Waals surface area contributed by atoms with Gasteiger partial charge in [-0.3, -0.25) is 4.79 Å². The SMILES string of the molecule is COc1ccc(CCNC(=O)C[NH+]2CCC(C)CC2)cc1. The number of piperidine rings is 1. The molecule has 0 saturated carbocycles. The first-order valence-corrected chi connectivity index (χ1v) is 7.90. The van der Waals surface area contributed by atoms with Crippen LogP contribution in [0, 0.1) is 5.92 Å². The number of likely N-dealkylation sites (tertiary alicyclic amines) is 1. The van der Waals surface area contributed by atoms with Crippen LogP contribution in [-0.4, -0.2) is 39.2 Å². The van der Waals surface area contributed by atoms with Gasteiger partial charge in [-0.15, -0.1) is 0 Å². The van der Waals surface area contributed by atoms with E-state index in [0.717, 1.165) is 31.2 Å². The zero-order valence-electron chi connectivity index (χ0n) is 13.2. The van der Waals surface area contributed by atoms with Crippen molar-refractivity contribution in [2.75, 3.05) is 33.3 Å². The maximum absolute atomic E-state index is 11.9. The van der Waals surface area contributed by atoms with Crippen molar-refractivity contribution >= 4 is 5.91 Å². The smallest absolute Gasteiger partial charge is 0.275 e. The van der Waals surface area contributed by atoms with Gasteiger partial charge in [0.05, 0.1) is 20.2 Å². The number of methoxy groups -OCH3 is 1. The van der Waals surface area contributed by atoms with Crippen molar-refractivity contribution in [1.29, 1.82) is 0 Å². The third kappa shape index (κ3) is 5.38. The standard InChI is InChI=1S/C17H26N2O2/c1-14-8-11-19(12-9-14)13-17(20)18-10-7-15-3-5-16(21-2)6-4-15/h3-6,14H,7-13H2,1-2H3,(H,18,20)/p+1. The minimum Gasteiger partial charge on any atom is -0.497 e. The van der Waals surface area contributed by atoms with Gasteiger partial charge in [0.1, 0.15) is 5.75 Å². The quantitative estimate of drug-likeness (QED) is 0.809. The molecule has 4 heteroatoms. The van der Waals surface area contributed by atoms with Crippen LogP contribution < -0.4 is 15.0 Å². The summed E-state index contributed by atoms with van der Waals surface area (Å²) in [5, 5.41) is 3.03. The second kappa shape index (κ2) is 8.03. The Morgan fingerprint density at radius 3 is 2.57 bits per heavy atom. The second-order valence-corrected chi connectivity index (χ2v) is 6.06. The number of carbonyl (C=O) groups is 1. The molecule has 0 aliphatic carbocycles. The van der Waals surface area contributed by atoms with E-state index in [4.69, 9.17) is 4.74 Å². The van der Waals surface area contributed by atoms with Crippen LogP contribution >= 0.6 is 0 Å². The molecule has 0 radical (unpaired) electrons. The first kappa shape index (κ1) is 15.8. The van der Waals surface area contributed by atoms with Crippen LogP contribution in [0.25, 0.3) is 0 Å². The van der Waals surface area contributed by atoms with Gasteiger partial charge in [-0.05, 0) is 42.9 Å². The number of carbonyl (C=O) groups excluding carboxylic acids is 1. The number of hydrogen-bond donors (Lipinski definition) is 2. The number of quaternary nitrogens is 1. The summed E-state index contributed by atoms with van der Waals surface area (Å²) in [4.78, 5) is 13.4. The molecule has 4 nitrogen and oxygen atoms in total. The minimum absolute atomic E-state index is 0.174. The lowest BCUT2D eigenvalue weighted by Gasteiger charge is -2.26. The molecule has 0 bridgehead atoms. The Bertz CT molecular complexity index is 437. The van der Waals surface area contributed by atoms with Crippen molar-refractivity contribution in [3.05, 3.63) is 29.8 Å². The molecule has 0 atom stereocenters. The third-order valence-electron chi connectivity index (χ3n) is 4.29. The van der Waals surface area contributed by atoms with Gasteiger partial charge in [-0.2, -0.15) is 0 Å². The maximum atomic E-state index is 11.9. The summed E-state index contributed by atoms with van der Waals surface area (Å²) in [6.07, 6.45) is 3.35. The van der Waals surface area contributed by atoms with Crippen LogP contribution in [0.15, 0.2) is 24.3 Å². The zero-order chi connectivity index (χ0) is 15.1. The van der Waals surface area contributed by atoms with E-state index in [1.165, 1.54) is 23.3 Å². The van der Waals surface area contributed by atoms with Crippen LogP contribution in [-0.2, 0) is 11.2 Å². The van der Waals surface area contributed by atoms with E-state index in [2.05, 4.69) is 12.2 Å². The molecule has 0 aromatic heterocycles. The zero-order valence-corrected chi connectivity index (χ0v) is 13.2. The molecule has 1 aromatic rings. The van der Waals surface area contributed by atoms with E-state index in [0.29, 0.717) is 13.1 Å². The fraction of sp³-hybridized carbons (Fsp3) is 0.588. The van der Waals surface area contributed by atoms with E-state index < -0.39 is 0 Å². The highest BCUT2D eigenvalue weighted by atomic mass is 16.5. The molecule has 0 spiro atoms. The summed E-state index contributed by atoms with van der Waals surface area (Å²) in [6.45, 7) is 5.88. The third-order valence-corrected chi connectivity index (χ3v) is 4.29. The molecule has 1 heterocycles. The van der Waals surface area contributed by atoms with E-state index in [9.17, 15) is 4.79 Å². The largest absolute Gasteiger partial charge is 0.497 e. The van der Waals surface area contributed by atoms with Crippen molar-refractivity contribution in [3.63, 3.8) is 0 Å². The van der Waals surface area contributed by atoms with Crippen molar-refractivity contribution < 1.29 is 14.4 Å². The van der Waals surface area contributed by atoms with Gasteiger partial charge in [0.25, 0.3) is 5.91 Å². The Balaban J connectivity index is 1.64. The lowest BCUT2D eigenvalue weighted by atomic mass is 9.99. The van der Waals surface area contributed by atoms with Gasteiger partial charge < -0.3 is 15.0 Å². The van der Waals surface area contributed by atoms with Gasteiger partial charge in [0, 0.05) is 6.54 Å². The Hall–Kier alpha value is -1.55. The predicted molar refractivity (Wildman–Crippen MR) is 83.7 cm³/mol. The average Bonchev–Trinajstić information content (AvgIpc) is 2.50. The van der Waals surface area contributed by atoms with E-state index in [1.807, 2.05) is 24.3 Å². The molecule has 1 aliphatic heterocycles. The highest BCUT2D eigenvalue weighted by Gasteiger charge is 2.20. The lowest BCUT2D eigenvalue weighted by Crippen LogP contribution is -3.14. The highest BCUT2D eigenvalue weighted by Crippen LogP contribution is 2.11. The van der Waals surface area contributed by atoms with Gasteiger partial charge in [0.15, 0.2) is 6.54 Å². The summed E-state index contributed by atoms with van der Waals surface area (Å²) in [6, 6.07) is 8.00. The van der Waals surface area contributed by atoms with Crippen LogP contribution in [0.5, 0.6) is 5.75 Å². The summed E-state index contributed by atoms with van der Waals surface area (Å²) in [7, 11) is 1.67. The van der Waals surface area contributed by atoms with E-state index in [-0.39, 0.29) is 5.91 Å². The van der Waals surface area contributed by atoms with Gasteiger partial charge >= 0.3 is 0 Å². The molecule has 1 aromatic carbocycles. The Morgan fingerprint density at radius 1 is 1.29 bits per heavy atom. The topological polar surface area (TPSA) is 42.8 Å². The number of rotatable bonds is 6. The first-order valence-electron chi connectivity index (χ1n) is 7.90. The van der Waals surface area contributed by atoms with Crippen LogP contribution in [0.1, 0.15) is 25.3 Å². The molecule has 1 aliphatic rings. The van der Waals surface area contributed by atoms with Gasteiger partial charge in [-0.1, -0.05) is 19.1 Å². The lowest BCUT2D eigenvalue weighted by molar-refractivity contribution is -0.898. The molecule has 1 amide bonds. The molecule has 2 rings (SSSR count). The molecule has 1 fully saturated rings. The number of amides is 1. The predicted octanol–water partition coefficient (Wildman–Crippen LogP) is 0.669. The van der Waals surface area contributed by atoms with Crippen molar-refractivity contribution in [2.24, 2.45) is 5.92 Å². The normalized spacial score (nSPS) is 21.8. The summed E-state index contributed by atoms with van der Waals surface area (Å²) in [5.74, 6) is 1.87. The van der Waals surface area contributed by atoms with Crippen molar-refractivity contribution in [2.45, 2.75) is 26.2 Å². The Morgan fingerprint density at radius 2 is 1.95 bits per heavy atom. The fourth-order valence-corrected chi connectivity index (χ4v) is 2.78. The number of nitrogens with one attached hydrogen (secondary N) is 2. The van der Waals surface area contributed by atoms with Crippen LogP contribution in [0.4, 0.5) is 0 Å². The Kier molecular flexibility index (Phi) is 6.05. The highest BCUT2D eigenvalue weighted by molar-refractivity contribution is 5.76. The molecule has 116 valence electrons. The molecule has 0 unspecified atom stereocenters. The van der Waals surface area contributed by atoms with E-state index >= 15 is 0 Å². The number of ether oxygens (including phenoxy) is 1. The second-order valence-electron chi connectivity index (χ2n) is 6.06. The van der Waals surface area contributed by atoms with E-state index in [1.54, 1.807) is 7.11 Å². The number of benzene rings is 1.